The number of halogens is 6. The molecule has 5 aromatic carbocycles. The number of benzene rings is 5. The molecule has 0 saturated heterocycles. The van der Waals surface area contributed by atoms with E-state index >= 15 is 4.39 Å². The van der Waals surface area contributed by atoms with Crippen LogP contribution in [0.2, 0.25) is 0 Å². The van der Waals surface area contributed by atoms with Gasteiger partial charge in [-0.05, 0) is 83.1 Å². The van der Waals surface area contributed by atoms with Crippen molar-refractivity contribution in [3.8, 4) is 39.1 Å². The fraction of sp³-hybridized carbons (Fsp3) is 0.167. The molecule has 0 unspecified atom stereocenters. The Kier molecular flexibility index (Phi) is 8.90. The van der Waals surface area contributed by atoms with Gasteiger partial charge in [0.1, 0.15) is 29.0 Å². The van der Waals surface area contributed by atoms with E-state index in [1.807, 2.05) is 6.92 Å². The molecule has 0 fully saturated rings. The summed E-state index contributed by atoms with van der Waals surface area (Å²) in [6.07, 6.45) is -0.637. The van der Waals surface area contributed by atoms with Gasteiger partial charge in [-0.3, -0.25) is 0 Å². The number of hydrogen-bond acceptors (Lipinski definition) is 1. The van der Waals surface area contributed by atoms with Crippen LogP contribution in [0.3, 0.4) is 0 Å². The maximum Gasteiger partial charge on any atom is 0.429 e. The molecule has 5 rings (SSSR count). The SMILES string of the molecule is CCCCCc1ccc(C(F)(F)Oc2ccc(-c3ccc(-c4ccc(-c5ccc(F)cc5)c(F)c4)cc3)c(F)c2)c(F)c1. The first-order valence-corrected chi connectivity index (χ1v) is 14.0. The van der Waals surface area contributed by atoms with Crippen LogP contribution in [0, 0.1) is 23.3 Å². The van der Waals surface area contributed by atoms with Crippen LogP contribution in [0.5, 0.6) is 5.75 Å². The third-order valence-corrected chi connectivity index (χ3v) is 7.26. The smallest absolute Gasteiger partial charge is 0.429 e. The van der Waals surface area contributed by atoms with Crippen molar-refractivity contribution < 1.29 is 31.1 Å². The van der Waals surface area contributed by atoms with Crippen molar-refractivity contribution in [1.82, 2.24) is 0 Å². The number of ether oxygens (including phenoxy) is 1. The Hall–Kier alpha value is -4.52. The van der Waals surface area contributed by atoms with E-state index in [0.717, 1.165) is 37.5 Å². The average molecular weight is 591 g/mol. The molecule has 220 valence electrons. The quantitative estimate of drug-likeness (QED) is 0.116. The topological polar surface area (TPSA) is 9.23 Å². The summed E-state index contributed by atoms with van der Waals surface area (Å²) in [4.78, 5) is 0. The first-order chi connectivity index (χ1) is 20.6. The van der Waals surface area contributed by atoms with Gasteiger partial charge in [-0.15, -0.1) is 0 Å². The van der Waals surface area contributed by atoms with Crippen LogP contribution in [0.1, 0.15) is 37.3 Å². The van der Waals surface area contributed by atoms with Gasteiger partial charge in [-0.2, -0.15) is 8.78 Å². The van der Waals surface area contributed by atoms with Crippen LogP contribution in [0.25, 0.3) is 33.4 Å². The second kappa shape index (κ2) is 12.8. The van der Waals surface area contributed by atoms with Crippen molar-refractivity contribution >= 4 is 0 Å². The van der Waals surface area contributed by atoms with E-state index in [9.17, 15) is 22.0 Å². The molecule has 5 aromatic rings. The molecule has 0 aromatic heterocycles. The van der Waals surface area contributed by atoms with Gasteiger partial charge in [0.25, 0.3) is 0 Å². The minimum atomic E-state index is -4.01. The lowest BCUT2D eigenvalue weighted by Crippen LogP contribution is -2.23. The summed E-state index contributed by atoms with van der Waals surface area (Å²) in [5.41, 5.74) is 2.44. The van der Waals surface area contributed by atoms with Crippen LogP contribution in [-0.4, -0.2) is 0 Å². The van der Waals surface area contributed by atoms with Gasteiger partial charge in [0.05, 0.1) is 5.56 Å². The summed E-state index contributed by atoms with van der Waals surface area (Å²) >= 11 is 0. The average Bonchev–Trinajstić information content (AvgIpc) is 2.98. The van der Waals surface area contributed by atoms with Crippen molar-refractivity contribution in [1.29, 1.82) is 0 Å². The van der Waals surface area contributed by atoms with Gasteiger partial charge in [0.15, 0.2) is 0 Å². The predicted octanol–water partition coefficient (Wildman–Crippen LogP) is 11.1. The highest BCUT2D eigenvalue weighted by Crippen LogP contribution is 2.36. The van der Waals surface area contributed by atoms with Crippen molar-refractivity contribution in [2.75, 3.05) is 0 Å². The molecule has 0 saturated carbocycles. The molecular weight excluding hydrogens is 562 g/mol. The molecule has 0 amide bonds. The van der Waals surface area contributed by atoms with Crippen LogP contribution >= 0.6 is 0 Å². The van der Waals surface area contributed by atoms with Crippen LogP contribution in [0.4, 0.5) is 26.3 Å². The van der Waals surface area contributed by atoms with Gasteiger partial charge in [0, 0.05) is 17.2 Å². The second-order valence-corrected chi connectivity index (χ2v) is 10.3. The summed E-state index contributed by atoms with van der Waals surface area (Å²) in [6, 6.07) is 23.7. The highest BCUT2D eigenvalue weighted by molar-refractivity contribution is 5.74. The largest absolute Gasteiger partial charge is 0.429 e. The lowest BCUT2D eigenvalue weighted by atomic mass is 9.97. The standard InChI is InChI=1S/C36H28F6O/c1-2-3-4-5-23-6-19-32(35(40)20-23)36(41,42)43-29-16-18-31(34(39)22-29)25-9-7-24(8-10-25)27-13-17-30(33(38)21-27)26-11-14-28(37)15-12-26/h6-22H,2-5H2,1H3. The Morgan fingerprint density at radius 3 is 1.74 bits per heavy atom. The summed E-state index contributed by atoms with van der Waals surface area (Å²) in [7, 11) is 0. The van der Waals surface area contributed by atoms with Gasteiger partial charge in [-0.25, -0.2) is 17.6 Å². The van der Waals surface area contributed by atoms with Gasteiger partial charge in [-0.1, -0.05) is 74.4 Å². The zero-order chi connectivity index (χ0) is 30.6. The van der Waals surface area contributed by atoms with E-state index in [4.69, 9.17) is 4.74 Å². The number of hydrogen-bond donors (Lipinski definition) is 0. The molecule has 0 radical (unpaired) electrons. The Morgan fingerprint density at radius 2 is 1.14 bits per heavy atom. The Morgan fingerprint density at radius 1 is 0.558 bits per heavy atom. The third kappa shape index (κ3) is 6.94. The second-order valence-electron chi connectivity index (χ2n) is 10.3. The third-order valence-electron chi connectivity index (χ3n) is 7.26. The number of aryl methyl sites for hydroxylation is 1. The van der Waals surface area contributed by atoms with Gasteiger partial charge < -0.3 is 4.74 Å². The van der Waals surface area contributed by atoms with E-state index in [0.29, 0.717) is 39.8 Å². The zero-order valence-electron chi connectivity index (χ0n) is 23.3. The number of rotatable bonds is 10. The van der Waals surface area contributed by atoms with Gasteiger partial charge >= 0.3 is 6.11 Å². The molecule has 0 aliphatic heterocycles. The summed E-state index contributed by atoms with van der Waals surface area (Å²) < 4.78 is 92.1. The molecule has 0 spiro atoms. The summed E-state index contributed by atoms with van der Waals surface area (Å²) in [6.45, 7) is 2.04. The minimum absolute atomic E-state index is 0.141. The molecule has 0 bridgehead atoms. The first-order valence-electron chi connectivity index (χ1n) is 14.0. The Bertz CT molecular complexity index is 1710. The normalized spacial score (nSPS) is 11.5. The van der Waals surface area contributed by atoms with Crippen molar-refractivity contribution in [2.45, 2.75) is 38.7 Å². The lowest BCUT2D eigenvalue weighted by Gasteiger charge is -2.19. The number of alkyl halides is 2. The summed E-state index contributed by atoms with van der Waals surface area (Å²) in [5, 5.41) is 0. The fourth-order valence-corrected chi connectivity index (χ4v) is 4.93. The molecular formula is C36H28F6O. The number of unbranched alkanes of at least 4 members (excludes halogenated alkanes) is 2. The fourth-order valence-electron chi connectivity index (χ4n) is 4.93. The van der Waals surface area contributed by atoms with E-state index in [2.05, 4.69) is 0 Å². The maximum atomic E-state index is 15.0. The van der Waals surface area contributed by atoms with Crippen LogP contribution in [0.15, 0.2) is 103 Å². The molecule has 0 atom stereocenters. The monoisotopic (exact) mass is 590 g/mol. The van der Waals surface area contributed by atoms with E-state index in [-0.39, 0.29) is 5.56 Å². The first kappa shape index (κ1) is 30.0. The Balaban J connectivity index is 1.30. The highest BCUT2D eigenvalue weighted by atomic mass is 19.3. The van der Waals surface area contributed by atoms with Gasteiger partial charge in [0.2, 0.25) is 0 Å². The molecule has 1 nitrogen and oxygen atoms in total. The van der Waals surface area contributed by atoms with Crippen molar-refractivity contribution in [3.05, 3.63) is 138 Å². The van der Waals surface area contributed by atoms with Crippen LogP contribution < -0.4 is 4.74 Å². The molecule has 7 heteroatoms. The molecule has 0 heterocycles. The van der Waals surface area contributed by atoms with Crippen LogP contribution in [-0.2, 0) is 12.5 Å². The van der Waals surface area contributed by atoms with E-state index in [1.165, 1.54) is 48.5 Å². The lowest BCUT2D eigenvalue weighted by molar-refractivity contribution is -0.187. The van der Waals surface area contributed by atoms with E-state index < -0.39 is 40.7 Å². The maximum absolute atomic E-state index is 15.0. The zero-order valence-corrected chi connectivity index (χ0v) is 23.3. The minimum Gasteiger partial charge on any atom is -0.429 e. The predicted molar refractivity (Wildman–Crippen MR) is 157 cm³/mol. The summed E-state index contributed by atoms with van der Waals surface area (Å²) in [5.74, 6) is -3.23. The Labute approximate surface area is 246 Å². The molecule has 43 heavy (non-hydrogen) atoms. The van der Waals surface area contributed by atoms with Crippen molar-refractivity contribution in [3.63, 3.8) is 0 Å². The molecule has 0 aliphatic rings. The highest BCUT2D eigenvalue weighted by Gasteiger charge is 2.38. The van der Waals surface area contributed by atoms with E-state index in [1.54, 1.807) is 36.4 Å². The van der Waals surface area contributed by atoms with Crippen molar-refractivity contribution in [2.24, 2.45) is 0 Å². The molecule has 0 N–H and O–H groups in total. The molecule has 0 aliphatic carbocycles.